The van der Waals surface area contributed by atoms with E-state index in [0.717, 1.165) is 134 Å². The van der Waals surface area contributed by atoms with Crippen LogP contribution in [0.25, 0.3) is 149 Å². The predicted octanol–water partition coefficient (Wildman–Crippen LogP) is 28.0. The van der Waals surface area contributed by atoms with E-state index >= 15 is 0 Å². The molecule has 0 saturated carbocycles. The van der Waals surface area contributed by atoms with Crippen LogP contribution in [-0.2, 0) is 0 Å². The normalized spacial score (nSPS) is 11.7. The summed E-state index contributed by atoms with van der Waals surface area (Å²) in [5.41, 5.74) is 21.5. The maximum absolute atomic E-state index is 5.63. The van der Waals surface area contributed by atoms with Gasteiger partial charge in [0.25, 0.3) is 0 Å². The molecule has 0 unspecified atom stereocenters. The maximum atomic E-state index is 5.63. The smallest absolute Gasteiger partial charge is 0.164 e. The molecule has 0 spiro atoms. The zero-order valence-corrected chi connectivity index (χ0v) is 61.9. The first-order chi connectivity index (χ1) is 56.5. The lowest BCUT2D eigenvalue weighted by molar-refractivity contribution is 1.07. The molecule has 534 valence electrons. The largest absolute Gasteiger partial charge is 0.310 e. The highest BCUT2D eigenvalue weighted by Crippen LogP contribution is 2.47. The second-order valence-corrected chi connectivity index (χ2v) is 29.2. The highest BCUT2D eigenvalue weighted by atomic mass is 15.2. The number of anilines is 9. The summed E-state index contributed by atoms with van der Waals surface area (Å²) < 4.78 is 7.19. The highest BCUT2D eigenvalue weighted by molar-refractivity contribution is 6.18. The van der Waals surface area contributed by atoms with Crippen molar-refractivity contribution < 1.29 is 0 Å². The van der Waals surface area contributed by atoms with E-state index in [9.17, 15) is 0 Å². The number of benzene rings is 18. The molecule has 22 aromatic rings. The van der Waals surface area contributed by atoms with Crippen molar-refractivity contribution in [3.05, 3.63) is 419 Å². The van der Waals surface area contributed by atoms with E-state index in [1.165, 1.54) is 48.5 Å². The van der Waals surface area contributed by atoms with E-state index < -0.39 is 0 Å². The molecule has 0 atom stereocenters. The Morgan fingerprint density at radius 2 is 0.377 bits per heavy atom. The Hall–Kier alpha value is -15.5. The Balaban J connectivity index is 0.720. The van der Waals surface area contributed by atoms with Crippen LogP contribution >= 0.6 is 0 Å². The monoisotopic (exact) mass is 1460 g/mol. The van der Waals surface area contributed by atoms with Gasteiger partial charge in [0.1, 0.15) is 0 Å². The molecular weight excluding hydrogens is 1390 g/mol. The molecule has 0 aliphatic heterocycles. The minimum absolute atomic E-state index is 0.523. The number of hydrogen-bond donors (Lipinski definition) is 0. The van der Waals surface area contributed by atoms with Crippen LogP contribution < -0.4 is 14.7 Å². The highest BCUT2D eigenvalue weighted by Gasteiger charge is 2.25. The summed E-state index contributed by atoms with van der Waals surface area (Å²) in [6, 6.07) is 151. The van der Waals surface area contributed by atoms with Gasteiger partial charge in [-0.2, -0.15) is 0 Å². The lowest BCUT2D eigenvalue weighted by Crippen LogP contribution is -2.11. The average molecular weight is 1460 g/mol. The van der Waals surface area contributed by atoms with Gasteiger partial charge in [0.15, 0.2) is 17.5 Å². The second kappa shape index (κ2) is 27.3. The molecule has 0 N–H and O–H groups in total. The molecule has 0 radical (unpaired) electrons. The molecule has 9 nitrogen and oxygen atoms in total. The maximum Gasteiger partial charge on any atom is 0.164 e. The molecule has 4 aromatic heterocycles. The van der Waals surface area contributed by atoms with Gasteiger partial charge in [0.05, 0.1) is 33.1 Å². The Morgan fingerprint density at radius 1 is 0.158 bits per heavy atom. The topological polar surface area (TPSA) is 63.2 Å². The quantitative estimate of drug-likeness (QED) is 0.102. The molecular formula is C105H69N9. The van der Waals surface area contributed by atoms with Gasteiger partial charge in [-0.15, -0.1) is 0 Å². The fourth-order valence-corrected chi connectivity index (χ4v) is 17.3. The van der Waals surface area contributed by atoms with Crippen molar-refractivity contribution in [2.75, 3.05) is 14.7 Å². The van der Waals surface area contributed by atoms with Crippen LogP contribution in [0.2, 0.25) is 0 Å². The van der Waals surface area contributed by atoms with E-state index in [1.807, 2.05) is 0 Å². The molecule has 0 bridgehead atoms. The predicted molar refractivity (Wildman–Crippen MR) is 476 cm³/mol. The average Bonchev–Trinajstić information content (AvgIpc) is 1.57. The van der Waals surface area contributed by atoms with Gasteiger partial charge < -0.3 is 28.4 Å². The fraction of sp³-hybridized carbons (Fsp3) is 0. The van der Waals surface area contributed by atoms with Gasteiger partial charge in [0, 0.05) is 117 Å². The van der Waals surface area contributed by atoms with Crippen LogP contribution in [-0.4, -0.2) is 28.7 Å². The summed E-state index contributed by atoms with van der Waals surface area (Å²) in [6.07, 6.45) is 0. The van der Waals surface area contributed by atoms with Crippen LogP contribution in [0.5, 0.6) is 0 Å². The van der Waals surface area contributed by atoms with Gasteiger partial charge in [-0.25, -0.2) is 15.0 Å². The molecule has 9 heteroatoms. The SMILES string of the molecule is c1ccc(N(c2cccc(-c3nc(-c4cccc(N(c5ccccc5)c5ccc6c(c5)c5cc7ccccc7cc5n6-c5ccccc5)c4)nc(-c4cccc(N(c5ccccc5)c5ccc6c(c5)c5cc7ccccc7cc5n6-c5ccccc5)c4)n3)c2)c2ccc3c(c2)c2cc4ccccc4cc2n3-c2ccccc2)cc1. The Morgan fingerprint density at radius 3 is 0.649 bits per heavy atom. The first-order valence-electron chi connectivity index (χ1n) is 38.7. The fourth-order valence-electron chi connectivity index (χ4n) is 17.3. The van der Waals surface area contributed by atoms with E-state index in [2.05, 4.69) is 447 Å². The summed E-state index contributed by atoms with van der Waals surface area (Å²) in [5, 5.41) is 14.1. The van der Waals surface area contributed by atoms with Crippen molar-refractivity contribution in [3.8, 4) is 51.2 Å². The Kier molecular flexibility index (Phi) is 15.7. The third kappa shape index (κ3) is 11.4. The lowest BCUT2D eigenvalue weighted by Gasteiger charge is -2.26. The van der Waals surface area contributed by atoms with E-state index in [1.54, 1.807) is 0 Å². The second-order valence-electron chi connectivity index (χ2n) is 29.2. The molecule has 0 aliphatic rings. The van der Waals surface area contributed by atoms with Crippen molar-refractivity contribution in [2.45, 2.75) is 0 Å². The Labute approximate surface area is 657 Å². The number of rotatable bonds is 15. The number of fused-ring (bicyclic) bond motifs is 12. The van der Waals surface area contributed by atoms with Crippen LogP contribution in [0.15, 0.2) is 419 Å². The standard InChI is InChI=1S/C105H69N9/c1-7-37-79(38-8-1)109(88-52-55-97-94(67-88)91-61-70-28-19-22-31-73(70)64-100(91)112(97)82-43-13-4-14-44-82)85-49-25-34-76(58-85)103-106-104(77-35-26-50-86(59-77)110(80-39-9-2-10-40-80)89-53-56-98-95(68-89)92-62-71-29-20-23-32-74(71)65-101(92)113(98)83-45-15-5-16-46-83)108-105(107-103)78-36-27-51-87(60-78)111(81-41-11-3-12-42-81)90-54-57-99-96(69-90)93-63-72-30-21-24-33-75(72)66-102(93)114(99)84-47-17-6-18-48-84/h1-69H. The van der Waals surface area contributed by atoms with Crippen molar-refractivity contribution in [3.63, 3.8) is 0 Å². The molecule has 114 heavy (non-hydrogen) atoms. The molecule has 18 aromatic carbocycles. The summed E-state index contributed by atoms with van der Waals surface area (Å²) in [6.45, 7) is 0. The Bertz CT molecular complexity index is 6770. The van der Waals surface area contributed by atoms with Gasteiger partial charge in [-0.3, -0.25) is 0 Å². The summed E-state index contributed by atoms with van der Waals surface area (Å²) in [4.78, 5) is 23.9. The minimum atomic E-state index is 0.523. The third-order valence-electron chi connectivity index (χ3n) is 22.4. The van der Waals surface area contributed by atoms with E-state index in [-0.39, 0.29) is 0 Å². The molecule has 0 aliphatic carbocycles. The number of nitrogens with zero attached hydrogens (tertiary/aromatic N) is 9. The summed E-state index contributed by atoms with van der Waals surface area (Å²) >= 11 is 0. The van der Waals surface area contributed by atoms with Gasteiger partial charge in [-0.1, -0.05) is 218 Å². The van der Waals surface area contributed by atoms with Crippen molar-refractivity contribution in [1.29, 1.82) is 0 Å². The minimum Gasteiger partial charge on any atom is -0.310 e. The number of aromatic nitrogens is 6. The zero-order chi connectivity index (χ0) is 75.2. The molecule has 4 heterocycles. The van der Waals surface area contributed by atoms with Crippen LogP contribution in [0, 0.1) is 0 Å². The van der Waals surface area contributed by atoms with Gasteiger partial charge in [-0.05, 0) is 233 Å². The summed E-state index contributed by atoms with van der Waals surface area (Å²) in [5.74, 6) is 1.57. The first kappa shape index (κ1) is 65.6. The summed E-state index contributed by atoms with van der Waals surface area (Å²) in [7, 11) is 0. The van der Waals surface area contributed by atoms with Crippen molar-refractivity contribution >= 4 is 149 Å². The number of para-hydroxylation sites is 6. The van der Waals surface area contributed by atoms with Crippen LogP contribution in [0.4, 0.5) is 51.2 Å². The van der Waals surface area contributed by atoms with Crippen molar-refractivity contribution in [1.82, 2.24) is 28.7 Å². The van der Waals surface area contributed by atoms with Gasteiger partial charge >= 0.3 is 0 Å². The molecule has 22 rings (SSSR count). The molecule has 0 amide bonds. The van der Waals surface area contributed by atoms with Crippen molar-refractivity contribution in [2.24, 2.45) is 0 Å². The lowest BCUT2D eigenvalue weighted by atomic mass is 10.0. The van der Waals surface area contributed by atoms with Crippen LogP contribution in [0.3, 0.4) is 0 Å². The van der Waals surface area contributed by atoms with E-state index in [4.69, 9.17) is 15.0 Å². The first-order valence-corrected chi connectivity index (χ1v) is 38.7. The van der Waals surface area contributed by atoms with Crippen LogP contribution in [0.1, 0.15) is 0 Å². The third-order valence-corrected chi connectivity index (χ3v) is 22.4. The van der Waals surface area contributed by atoms with Gasteiger partial charge in [0.2, 0.25) is 0 Å². The molecule has 0 fully saturated rings. The zero-order valence-electron chi connectivity index (χ0n) is 61.9. The number of hydrogen-bond acceptors (Lipinski definition) is 6. The van der Waals surface area contributed by atoms with E-state index in [0.29, 0.717) is 17.5 Å². The molecule has 0 saturated heterocycles.